The smallest absolute Gasteiger partial charge is 0.335 e. The maximum Gasteiger partial charge on any atom is 0.335 e. The third-order valence-electron chi connectivity index (χ3n) is 2.20. The summed E-state index contributed by atoms with van der Waals surface area (Å²) in [5, 5.41) is 9.77. The van der Waals surface area contributed by atoms with E-state index in [9.17, 15) is 4.79 Å². The maximum absolute atomic E-state index is 11.0. The monoisotopic (exact) mass is 255 g/mol. The molecule has 0 spiro atoms. The number of aromatic carboxylic acids is 1. The first-order valence-corrected chi connectivity index (χ1v) is 6.40. The Labute approximate surface area is 105 Å². The number of thioether (sulfide) groups is 1. The molecular weight excluding hydrogens is 238 g/mol. The van der Waals surface area contributed by atoms with E-state index in [0.717, 1.165) is 16.5 Å². The zero-order chi connectivity index (χ0) is 12.8. The molecule has 0 amide bonds. The molecule has 94 valence electrons. The Morgan fingerprint density at radius 2 is 2.24 bits per heavy atom. The number of hydrogen-bond donors (Lipinski definition) is 1. The van der Waals surface area contributed by atoms with Gasteiger partial charge in [-0.1, -0.05) is 13.8 Å². The topological polar surface area (TPSA) is 59.4 Å². The standard InChI is InChI=1S/C12H17NO3S/c1-8(2)10-6-9(12(14)15)7-11(13-10)17-5-4-16-3/h6-8H,4-5H2,1-3H3,(H,14,15). The Balaban J connectivity index is 2.91. The molecule has 1 N–H and O–H groups in total. The summed E-state index contributed by atoms with van der Waals surface area (Å²) in [4.78, 5) is 15.4. The molecule has 17 heavy (non-hydrogen) atoms. The molecule has 0 aromatic carbocycles. The van der Waals surface area contributed by atoms with Crippen molar-refractivity contribution in [2.75, 3.05) is 19.5 Å². The first kappa shape index (κ1) is 14.0. The SMILES string of the molecule is COCCSc1cc(C(=O)O)cc(C(C)C)n1. The highest BCUT2D eigenvalue weighted by molar-refractivity contribution is 7.99. The van der Waals surface area contributed by atoms with Crippen molar-refractivity contribution >= 4 is 17.7 Å². The summed E-state index contributed by atoms with van der Waals surface area (Å²) in [6.07, 6.45) is 0. The Hall–Kier alpha value is -1.07. The van der Waals surface area contributed by atoms with Crippen molar-refractivity contribution in [1.82, 2.24) is 4.98 Å². The van der Waals surface area contributed by atoms with Crippen LogP contribution in [0.25, 0.3) is 0 Å². The molecule has 0 fully saturated rings. The molecule has 0 aliphatic heterocycles. The molecule has 0 atom stereocenters. The highest BCUT2D eigenvalue weighted by Gasteiger charge is 2.10. The van der Waals surface area contributed by atoms with Crippen molar-refractivity contribution in [3.8, 4) is 0 Å². The lowest BCUT2D eigenvalue weighted by atomic mass is 10.1. The minimum Gasteiger partial charge on any atom is -0.478 e. The van der Waals surface area contributed by atoms with Gasteiger partial charge >= 0.3 is 5.97 Å². The lowest BCUT2D eigenvalue weighted by Gasteiger charge is -2.08. The Morgan fingerprint density at radius 3 is 2.76 bits per heavy atom. The van der Waals surface area contributed by atoms with Crippen LogP contribution in [0.2, 0.25) is 0 Å². The number of methoxy groups -OCH3 is 1. The molecule has 1 heterocycles. The van der Waals surface area contributed by atoms with Crippen LogP contribution in [0.3, 0.4) is 0 Å². The molecule has 5 heteroatoms. The number of hydrogen-bond acceptors (Lipinski definition) is 4. The average Bonchev–Trinajstić information content (AvgIpc) is 2.29. The van der Waals surface area contributed by atoms with E-state index >= 15 is 0 Å². The number of aromatic nitrogens is 1. The second kappa shape index (κ2) is 6.61. The van der Waals surface area contributed by atoms with Gasteiger partial charge in [0.15, 0.2) is 0 Å². The Kier molecular flexibility index (Phi) is 5.44. The summed E-state index contributed by atoms with van der Waals surface area (Å²) < 4.78 is 4.95. The van der Waals surface area contributed by atoms with Crippen LogP contribution in [-0.4, -0.2) is 35.5 Å². The quantitative estimate of drug-likeness (QED) is 0.625. The van der Waals surface area contributed by atoms with E-state index in [1.165, 1.54) is 11.8 Å². The number of carboxylic acids is 1. The van der Waals surface area contributed by atoms with E-state index in [1.54, 1.807) is 19.2 Å². The summed E-state index contributed by atoms with van der Waals surface area (Å²) in [6.45, 7) is 4.62. The van der Waals surface area contributed by atoms with Crippen LogP contribution >= 0.6 is 11.8 Å². The predicted molar refractivity (Wildman–Crippen MR) is 67.9 cm³/mol. The fourth-order valence-electron chi connectivity index (χ4n) is 1.25. The number of carboxylic acid groups (broad SMARTS) is 1. The third kappa shape index (κ3) is 4.36. The zero-order valence-electron chi connectivity index (χ0n) is 10.3. The minimum atomic E-state index is -0.914. The number of pyridine rings is 1. The summed E-state index contributed by atoms with van der Waals surface area (Å²) in [7, 11) is 1.64. The summed E-state index contributed by atoms with van der Waals surface area (Å²) in [5.41, 5.74) is 1.11. The number of rotatable bonds is 6. The van der Waals surface area contributed by atoms with E-state index in [2.05, 4.69) is 4.98 Å². The Morgan fingerprint density at radius 1 is 1.53 bits per heavy atom. The molecule has 0 radical (unpaired) electrons. The molecule has 1 aromatic heterocycles. The van der Waals surface area contributed by atoms with E-state index in [1.807, 2.05) is 13.8 Å². The van der Waals surface area contributed by atoms with Crippen molar-refractivity contribution in [2.24, 2.45) is 0 Å². The van der Waals surface area contributed by atoms with Gasteiger partial charge in [-0.25, -0.2) is 9.78 Å². The van der Waals surface area contributed by atoms with Gasteiger partial charge in [0.1, 0.15) is 0 Å². The van der Waals surface area contributed by atoms with E-state index in [-0.39, 0.29) is 5.92 Å². The summed E-state index contributed by atoms with van der Waals surface area (Å²) in [6, 6.07) is 3.24. The average molecular weight is 255 g/mol. The van der Waals surface area contributed by atoms with Crippen molar-refractivity contribution in [1.29, 1.82) is 0 Å². The summed E-state index contributed by atoms with van der Waals surface area (Å²) in [5.74, 6) is 0.0726. The molecule has 0 aliphatic carbocycles. The minimum absolute atomic E-state index is 0.219. The van der Waals surface area contributed by atoms with Crippen molar-refractivity contribution < 1.29 is 14.6 Å². The van der Waals surface area contributed by atoms with Gasteiger partial charge in [0.25, 0.3) is 0 Å². The van der Waals surface area contributed by atoms with E-state index in [4.69, 9.17) is 9.84 Å². The number of ether oxygens (including phenoxy) is 1. The van der Waals surface area contributed by atoms with Crippen LogP contribution in [0.15, 0.2) is 17.2 Å². The third-order valence-corrected chi connectivity index (χ3v) is 3.07. The van der Waals surface area contributed by atoms with Crippen LogP contribution < -0.4 is 0 Å². The normalized spacial score (nSPS) is 10.8. The number of nitrogens with zero attached hydrogens (tertiary/aromatic N) is 1. The fraction of sp³-hybridized carbons (Fsp3) is 0.500. The molecule has 0 unspecified atom stereocenters. The molecule has 1 rings (SSSR count). The van der Waals surface area contributed by atoms with Gasteiger partial charge < -0.3 is 9.84 Å². The maximum atomic E-state index is 11.0. The van der Waals surface area contributed by atoms with Gasteiger partial charge in [-0.05, 0) is 18.1 Å². The fourth-order valence-corrected chi connectivity index (χ4v) is 2.09. The molecule has 0 saturated heterocycles. The van der Waals surface area contributed by atoms with Crippen LogP contribution in [0, 0.1) is 0 Å². The second-order valence-electron chi connectivity index (χ2n) is 3.92. The van der Waals surface area contributed by atoms with Crippen LogP contribution in [0.5, 0.6) is 0 Å². The molecular formula is C12H17NO3S. The van der Waals surface area contributed by atoms with E-state index < -0.39 is 5.97 Å². The molecule has 0 aliphatic rings. The van der Waals surface area contributed by atoms with Gasteiger partial charge in [0.2, 0.25) is 0 Å². The molecule has 0 saturated carbocycles. The Bertz CT molecular complexity index is 393. The lowest BCUT2D eigenvalue weighted by molar-refractivity contribution is 0.0696. The first-order chi connectivity index (χ1) is 8.04. The largest absolute Gasteiger partial charge is 0.478 e. The van der Waals surface area contributed by atoms with Gasteiger partial charge in [-0.2, -0.15) is 0 Å². The van der Waals surface area contributed by atoms with Gasteiger partial charge in [-0.15, -0.1) is 11.8 Å². The molecule has 4 nitrogen and oxygen atoms in total. The van der Waals surface area contributed by atoms with Crippen LogP contribution in [0.1, 0.15) is 35.8 Å². The van der Waals surface area contributed by atoms with Crippen molar-refractivity contribution in [3.05, 3.63) is 23.4 Å². The number of carbonyl (C=O) groups is 1. The first-order valence-electron chi connectivity index (χ1n) is 5.41. The highest BCUT2D eigenvalue weighted by atomic mass is 32.2. The van der Waals surface area contributed by atoms with Crippen molar-refractivity contribution in [2.45, 2.75) is 24.8 Å². The zero-order valence-corrected chi connectivity index (χ0v) is 11.1. The summed E-state index contributed by atoms with van der Waals surface area (Å²) >= 11 is 1.51. The van der Waals surface area contributed by atoms with E-state index in [0.29, 0.717) is 12.2 Å². The van der Waals surface area contributed by atoms with Crippen LogP contribution in [-0.2, 0) is 4.74 Å². The van der Waals surface area contributed by atoms with Crippen LogP contribution in [0.4, 0.5) is 0 Å². The second-order valence-corrected chi connectivity index (χ2v) is 5.04. The van der Waals surface area contributed by atoms with Crippen molar-refractivity contribution in [3.63, 3.8) is 0 Å². The van der Waals surface area contributed by atoms with Gasteiger partial charge in [0, 0.05) is 18.6 Å². The van der Waals surface area contributed by atoms with Gasteiger partial charge in [0.05, 0.1) is 17.2 Å². The molecule has 0 bridgehead atoms. The van der Waals surface area contributed by atoms with Gasteiger partial charge in [-0.3, -0.25) is 0 Å². The highest BCUT2D eigenvalue weighted by Crippen LogP contribution is 2.21. The molecule has 1 aromatic rings. The lowest BCUT2D eigenvalue weighted by Crippen LogP contribution is -2.03. The predicted octanol–water partition coefficient (Wildman–Crippen LogP) is 2.64.